The Hall–Kier alpha value is -2.21. The van der Waals surface area contributed by atoms with Crippen LogP contribution in [0.4, 0.5) is 5.69 Å². The number of amides is 1. The average molecular weight is 275 g/mol. The van der Waals surface area contributed by atoms with Crippen molar-refractivity contribution < 1.29 is 9.72 Å². The van der Waals surface area contributed by atoms with Crippen LogP contribution < -0.4 is 11.1 Å². The number of nitrogens with one attached hydrogen (secondary N) is 1. The Morgan fingerprint density at radius 2 is 2.20 bits per heavy atom. The molecule has 0 saturated heterocycles. The number of nitro benzene ring substituents is 1. The summed E-state index contributed by atoms with van der Waals surface area (Å²) in [6.07, 6.45) is 4.99. The van der Waals surface area contributed by atoms with Crippen molar-refractivity contribution in [2.24, 2.45) is 11.7 Å². The summed E-state index contributed by atoms with van der Waals surface area (Å²) >= 11 is 0. The van der Waals surface area contributed by atoms with Gasteiger partial charge < -0.3 is 11.1 Å². The van der Waals surface area contributed by atoms with Crippen molar-refractivity contribution in [3.8, 4) is 0 Å². The number of nitrogens with zero attached hydrogens (tertiary/aromatic N) is 1. The molecule has 106 valence electrons. The van der Waals surface area contributed by atoms with Gasteiger partial charge in [-0.25, -0.2) is 0 Å². The van der Waals surface area contributed by atoms with Crippen molar-refractivity contribution in [3.63, 3.8) is 0 Å². The van der Waals surface area contributed by atoms with Gasteiger partial charge in [0.1, 0.15) is 0 Å². The smallest absolute Gasteiger partial charge is 0.276 e. The number of benzene rings is 1. The predicted octanol–water partition coefficient (Wildman–Crippen LogP) is 1.46. The molecule has 6 nitrogen and oxygen atoms in total. The first-order valence-electron chi connectivity index (χ1n) is 6.53. The minimum absolute atomic E-state index is 0.00147. The summed E-state index contributed by atoms with van der Waals surface area (Å²) in [6.45, 7) is 0.435. The highest BCUT2D eigenvalue weighted by molar-refractivity contribution is 5.92. The molecule has 0 spiro atoms. The Kier molecular flexibility index (Phi) is 4.47. The van der Waals surface area contributed by atoms with Gasteiger partial charge in [-0.3, -0.25) is 14.9 Å². The Balaban J connectivity index is 1.91. The van der Waals surface area contributed by atoms with Crippen molar-refractivity contribution in [3.05, 3.63) is 46.0 Å². The molecule has 0 bridgehead atoms. The number of para-hydroxylation sites is 1. The second-order valence-electron chi connectivity index (χ2n) is 4.90. The van der Waals surface area contributed by atoms with Crippen molar-refractivity contribution in [2.75, 3.05) is 6.54 Å². The van der Waals surface area contributed by atoms with Crippen LogP contribution in [0.15, 0.2) is 30.3 Å². The number of nitro groups is 1. The third kappa shape index (κ3) is 3.89. The largest absolute Gasteiger partial charge is 0.351 e. The highest BCUT2D eigenvalue weighted by Gasteiger charge is 2.28. The van der Waals surface area contributed by atoms with Crippen molar-refractivity contribution in [1.82, 2.24) is 5.32 Å². The number of carbonyl (C=O) groups excluding carboxylic acids is 1. The van der Waals surface area contributed by atoms with Crippen LogP contribution in [0.25, 0.3) is 6.08 Å². The van der Waals surface area contributed by atoms with Crippen LogP contribution in [0, 0.1) is 16.0 Å². The standard InChI is InChI=1S/C14H17N3O3/c15-12(10-5-6-10)9-16-14(18)8-7-11-3-1-2-4-13(11)17(19)20/h1-4,7-8,10,12H,5-6,9,15H2,(H,16,18)/b8-7+. The molecule has 1 aromatic carbocycles. The number of nitrogens with two attached hydrogens (primary N) is 1. The minimum atomic E-state index is -0.472. The van der Waals surface area contributed by atoms with Gasteiger partial charge in [0.2, 0.25) is 5.91 Å². The predicted molar refractivity (Wildman–Crippen MR) is 75.8 cm³/mol. The van der Waals surface area contributed by atoms with E-state index in [1.807, 2.05) is 0 Å². The minimum Gasteiger partial charge on any atom is -0.351 e. The summed E-state index contributed by atoms with van der Waals surface area (Å²) in [4.78, 5) is 22.0. The lowest BCUT2D eigenvalue weighted by atomic mass is 10.1. The molecule has 0 aliphatic heterocycles. The van der Waals surface area contributed by atoms with Gasteiger partial charge in [-0.1, -0.05) is 12.1 Å². The number of hydrogen-bond donors (Lipinski definition) is 2. The molecule has 1 aliphatic rings. The Morgan fingerprint density at radius 1 is 1.50 bits per heavy atom. The molecule has 1 amide bonds. The summed E-state index contributed by atoms with van der Waals surface area (Å²) in [5, 5.41) is 13.5. The van der Waals surface area contributed by atoms with Gasteiger partial charge in [0.15, 0.2) is 0 Å². The maximum atomic E-state index is 11.6. The number of hydrogen-bond acceptors (Lipinski definition) is 4. The lowest BCUT2D eigenvalue weighted by Crippen LogP contribution is -2.37. The van der Waals surface area contributed by atoms with Gasteiger partial charge in [0.25, 0.3) is 5.69 Å². The molecule has 1 saturated carbocycles. The molecular weight excluding hydrogens is 258 g/mol. The third-order valence-electron chi connectivity index (χ3n) is 3.29. The molecular formula is C14H17N3O3. The van der Waals surface area contributed by atoms with Gasteiger partial charge in [0.05, 0.1) is 10.5 Å². The quantitative estimate of drug-likeness (QED) is 0.466. The van der Waals surface area contributed by atoms with E-state index in [9.17, 15) is 14.9 Å². The van der Waals surface area contributed by atoms with Crippen LogP contribution in [0.3, 0.4) is 0 Å². The lowest BCUT2D eigenvalue weighted by molar-refractivity contribution is -0.385. The van der Waals surface area contributed by atoms with Gasteiger partial charge in [-0.05, 0) is 30.9 Å². The fourth-order valence-electron chi connectivity index (χ4n) is 1.93. The second-order valence-corrected chi connectivity index (χ2v) is 4.90. The van der Waals surface area contributed by atoms with E-state index >= 15 is 0 Å². The zero-order valence-electron chi connectivity index (χ0n) is 11.0. The molecule has 20 heavy (non-hydrogen) atoms. The van der Waals surface area contributed by atoms with E-state index in [0.717, 1.165) is 12.8 Å². The first-order valence-corrected chi connectivity index (χ1v) is 6.53. The van der Waals surface area contributed by atoms with Gasteiger partial charge >= 0.3 is 0 Å². The van der Waals surface area contributed by atoms with Crippen LogP contribution in [0.1, 0.15) is 18.4 Å². The molecule has 3 N–H and O–H groups in total. The van der Waals surface area contributed by atoms with E-state index in [1.54, 1.807) is 18.2 Å². The van der Waals surface area contributed by atoms with Crippen LogP contribution in [0.2, 0.25) is 0 Å². The van der Waals surface area contributed by atoms with Crippen LogP contribution in [-0.4, -0.2) is 23.4 Å². The Labute approximate surface area is 116 Å². The molecule has 0 radical (unpaired) electrons. The fourth-order valence-corrected chi connectivity index (χ4v) is 1.93. The Bertz CT molecular complexity index is 538. The van der Waals surface area contributed by atoms with Gasteiger partial charge in [-0.2, -0.15) is 0 Å². The van der Waals surface area contributed by atoms with E-state index < -0.39 is 4.92 Å². The maximum absolute atomic E-state index is 11.6. The first kappa shape index (κ1) is 14.2. The molecule has 0 heterocycles. The fraction of sp³-hybridized carbons (Fsp3) is 0.357. The van der Waals surface area contributed by atoms with Crippen molar-refractivity contribution in [2.45, 2.75) is 18.9 Å². The molecule has 6 heteroatoms. The Morgan fingerprint density at radius 3 is 2.85 bits per heavy atom. The summed E-state index contributed by atoms with van der Waals surface area (Å²) in [7, 11) is 0. The zero-order chi connectivity index (χ0) is 14.5. The van der Waals surface area contributed by atoms with E-state index in [4.69, 9.17) is 5.73 Å². The second kappa shape index (κ2) is 6.29. The number of carbonyl (C=O) groups is 1. The third-order valence-corrected chi connectivity index (χ3v) is 3.29. The molecule has 1 fully saturated rings. The average Bonchev–Trinajstić information content (AvgIpc) is 3.27. The maximum Gasteiger partial charge on any atom is 0.276 e. The van der Waals surface area contributed by atoms with E-state index in [-0.39, 0.29) is 17.6 Å². The molecule has 2 rings (SSSR count). The summed E-state index contributed by atoms with van der Waals surface area (Å²) in [6, 6.07) is 6.27. The molecule has 0 aromatic heterocycles. The summed E-state index contributed by atoms with van der Waals surface area (Å²) in [5.41, 5.74) is 6.25. The highest BCUT2D eigenvalue weighted by Crippen LogP contribution is 2.31. The van der Waals surface area contributed by atoms with Crippen LogP contribution in [0.5, 0.6) is 0 Å². The zero-order valence-corrected chi connectivity index (χ0v) is 11.0. The van der Waals surface area contributed by atoms with E-state index in [2.05, 4.69) is 5.32 Å². The molecule has 1 unspecified atom stereocenters. The first-order chi connectivity index (χ1) is 9.58. The van der Waals surface area contributed by atoms with Gasteiger partial charge in [-0.15, -0.1) is 0 Å². The number of rotatable bonds is 6. The highest BCUT2D eigenvalue weighted by atomic mass is 16.6. The molecule has 1 atom stereocenters. The SMILES string of the molecule is NC(CNC(=O)/C=C/c1ccccc1[N+](=O)[O-])C1CC1. The van der Waals surface area contributed by atoms with E-state index in [0.29, 0.717) is 18.0 Å². The van der Waals surface area contributed by atoms with Crippen LogP contribution >= 0.6 is 0 Å². The molecule has 1 aliphatic carbocycles. The van der Waals surface area contributed by atoms with E-state index in [1.165, 1.54) is 18.2 Å². The normalized spacial score (nSPS) is 16.1. The van der Waals surface area contributed by atoms with Gasteiger partial charge in [0, 0.05) is 24.7 Å². The van der Waals surface area contributed by atoms with Crippen molar-refractivity contribution >= 4 is 17.7 Å². The lowest BCUT2D eigenvalue weighted by Gasteiger charge is -2.09. The summed E-state index contributed by atoms with van der Waals surface area (Å²) < 4.78 is 0. The topological polar surface area (TPSA) is 98.3 Å². The monoisotopic (exact) mass is 275 g/mol. The summed E-state index contributed by atoms with van der Waals surface area (Å²) in [5.74, 6) is 0.230. The van der Waals surface area contributed by atoms with Crippen LogP contribution in [-0.2, 0) is 4.79 Å². The molecule has 1 aromatic rings. The van der Waals surface area contributed by atoms with Crippen molar-refractivity contribution in [1.29, 1.82) is 0 Å².